The van der Waals surface area contributed by atoms with E-state index in [2.05, 4.69) is 9.97 Å². The van der Waals surface area contributed by atoms with Gasteiger partial charge in [0.15, 0.2) is 0 Å². The van der Waals surface area contributed by atoms with E-state index in [0.717, 1.165) is 11.3 Å². The van der Waals surface area contributed by atoms with Crippen molar-refractivity contribution in [3.63, 3.8) is 0 Å². The number of nitro benzene ring substituents is 1. The first kappa shape index (κ1) is 9.91. The van der Waals surface area contributed by atoms with Crippen molar-refractivity contribution in [2.45, 2.75) is 0 Å². The lowest BCUT2D eigenvalue weighted by Crippen LogP contribution is -2.03. The Kier molecular flexibility index (Phi) is 1.96. The number of aromatic nitrogens is 2. The maximum absolute atomic E-state index is 11.6. The second-order valence-corrected chi connectivity index (χ2v) is 4.44. The molecule has 17 heavy (non-hydrogen) atoms. The van der Waals surface area contributed by atoms with Crippen molar-refractivity contribution in [1.29, 1.82) is 0 Å². The molecule has 3 rings (SSSR count). The number of fused-ring (bicyclic) bond motifs is 3. The molecule has 0 aliphatic heterocycles. The molecule has 0 atom stereocenters. The molecule has 0 aliphatic rings. The van der Waals surface area contributed by atoms with E-state index in [0.29, 0.717) is 20.3 Å². The van der Waals surface area contributed by atoms with Gasteiger partial charge in [0.25, 0.3) is 11.2 Å². The Morgan fingerprint density at radius 3 is 2.94 bits per heavy atom. The van der Waals surface area contributed by atoms with Crippen LogP contribution in [0.1, 0.15) is 0 Å². The first-order chi connectivity index (χ1) is 8.18. The van der Waals surface area contributed by atoms with Crippen molar-refractivity contribution >= 4 is 37.3 Å². The van der Waals surface area contributed by atoms with Crippen LogP contribution < -0.4 is 5.56 Å². The first-order valence-electron chi connectivity index (χ1n) is 4.72. The summed E-state index contributed by atoms with van der Waals surface area (Å²) >= 11 is 1.10. The van der Waals surface area contributed by atoms with Gasteiger partial charge in [-0.2, -0.15) is 0 Å². The zero-order chi connectivity index (χ0) is 12.0. The van der Waals surface area contributed by atoms with Crippen LogP contribution in [0.15, 0.2) is 29.3 Å². The van der Waals surface area contributed by atoms with E-state index < -0.39 is 4.92 Å². The standard InChI is InChI=1S/C10H5N3O3S/c14-10-9-7(11-4-12-10)5-2-1-3-6(13(15)16)8(5)17-9/h1-4H,(H,11,12,14). The number of thiophene rings is 1. The van der Waals surface area contributed by atoms with E-state index in [9.17, 15) is 14.9 Å². The smallest absolute Gasteiger partial charge is 0.287 e. The van der Waals surface area contributed by atoms with E-state index in [1.54, 1.807) is 12.1 Å². The van der Waals surface area contributed by atoms with Gasteiger partial charge in [-0.15, -0.1) is 11.3 Å². The fourth-order valence-corrected chi connectivity index (χ4v) is 2.88. The number of nitrogens with zero attached hydrogens (tertiary/aromatic N) is 2. The molecule has 0 aliphatic carbocycles. The van der Waals surface area contributed by atoms with Crippen LogP contribution in [0.5, 0.6) is 0 Å². The fourth-order valence-electron chi connectivity index (χ4n) is 1.74. The molecule has 0 saturated carbocycles. The van der Waals surface area contributed by atoms with Gasteiger partial charge in [0.1, 0.15) is 9.40 Å². The molecule has 84 valence electrons. The second kappa shape index (κ2) is 3.36. The molecule has 0 radical (unpaired) electrons. The van der Waals surface area contributed by atoms with Gasteiger partial charge < -0.3 is 4.98 Å². The summed E-state index contributed by atoms with van der Waals surface area (Å²) in [5, 5.41) is 11.5. The molecule has 1 aromatic carbocycles. The highest BCUT2D eigenvalue weighted by Crippen LogP contribution is 2.36. The lowest BCUT2D eigenvalue weighted by atomic mass is 10.2. The maximum Gasteiger partial charge on any atom is 0.287 e. The number of rotatable bonds is 1. The molecule has 0 spiro atoms. The van der Waals surface area contributed by atoms with Crippen molar-refractivity contribution < 1.29 is 4.92 Å². The molecular weight excluding hydrogens is 242 g/mol. The molecule has 2 heterocycles. The summed E-state index contributed by atoms with van der Waals surface area (Å²) in [6.45, 7) is 0. The molecule has 0 fully saturated rings. The topological polar surface area (TPSA) is 88.9 Å². The summed E-state index contributed by atoms with van der Waals surface area (Å²) < 4.78 is 0.897. The molecule has 6 nitrogen and oxygen atoms in total. The van der Waals surface area contributed by atoms with Gasteiger partial charge in [0.05, 0.1) is 16.8 Å². The van der Waals surface area contributed by atoms with Crippen LogP contribution in [-0.4, -0.2) is 14.9 Å². The van der Waals surface area contributed by atoms with Crippen molar-refractivity contribution in [2.75, 3.05) is 0 Å². The van der Waals surface area contributed by atoms with Crippen molar-refractivity contribution in [3.8, 4) is 0 Å². The predicted molar refractivity (Wildman–Crippen MR) is 64.4 cm³/mol. The number of nitro groups is 1. The van der Waals surface area contributed by atoms with E-state index >= 15 is 0 Å². The van der Waals surface area contributed by atoms with Gasteiger partial charge in [-0.1, -0.05) is 12.1 Å². The van der Waals surface area contributed by atoms with Crippen LogP contribution in [0.4, 0.5) is 5.69 Å². The number of hydrogen-bond donors (Lipinski definition) is 1. The summed E-state index contributed by atoms with van der Waals surface area (Å²) in [7, 11) is 0. The van der Waals surface area contributed by atoms with Crippen molar-refractivity contribution in [1.82, 2.24) is 9.97 Å². The SMILES string of the molecule is O=c1[nH]cnc2c1sc1c([N+](=O)[O-])cccc12. The molecule has 2 aromatic heterocycles. The zero-order valence-electron chi connectivity index (χ0n) is 8.34. The Balaban J connectivity index is 2.60. The summed E-state index contributed by atoms with van der Waals surface area (Å²) in [6.07, 6.45) is 1.30. The average Bonchev–Trinajstić information content (AvgIpc) is 2.69. The largest absolute Gasteiger partial charge is 0.312 e. The maximum atomic E-state index is 11.6. The molecule has 0 amide bonds. The van der Waals surface area contributed by atoms with Gasteiger partial charge in [0, 0.05) is 11.5 Å². The number of H-pyrrole nitrogens is 1. The van der Waals surface area contributed by atoms with Gasteiger partial charge >= 0.3 is 0 Å². The van der Waals surface area contributed by atoms with Crippen molar-refractivity contribution in [2.24, 2.45) is 0 Å². The molecule has 3 aromatic rings. The molecule has 7 heteroatoms. The quantitative estimate of drug-likeness (QED) is 0.526. The Labute approximate surface area is 97.7 Å². The average molecular weight is 247 g/mol. The van der Waals surface area contributed by atoms with E-state index in [-0.39, 0.29) is 11.2 Å². The number of benzene rings is 1. The van der Waals surface area contributed by atoms with Crippen LogP contribution in [0.2, 0.25) is 0 Å². The first-order valence-corrected chi connectivity index (χ1v) is 5.53. The minimum atomic E-state index is -0.452. The minimum absolute atomic E-state index is 0.00454. The van der Waals surface area contributed by atoms with E-state index in [1.165, 1.54) is 12.4 Å². The third kappa shape index (κ3) is 1.32. The van der Waals surface area contributed by atoms with Crippen LogP contribution in [0, 0.1) is 10.1 Å². The lowest BCUT2D eigenvalue weighted by molar-refractivity contribution is -0.382. The van der Waals surface area contributed by atoms with Gasteiger partial charge in [-0.3, -0.25) is 14.9 Å². The molecule has 0 unspecified atom stereocenters. The van der Waals surface area contributed by atoms with E-state index in [4.69, 9.17) is 0 Å². The summed E-state index contributed by atoms with van der Waals surface area (Å²) in [6, 6.07) is 4.75. The number of aromatic amines is 1. The number of hydrogen-bond acceptors (Lipinski definition) is 5. The Hall–Kier alpha value is -2.28. The monoisotopic (exact) mass is 247 g/mol. The van der Waals surface area contributed by atoms with Crippen LogP contribution >= 0.6 is 11.3 Å². The highest BCUT2D eigenvalue weighted by Gasteiger charge is 2.17. The molecule has 1 N–H and O–H groups in total. The highest BCUT2D eigenvalue weighted by atomic mass is 32.1. The third-order valence-electron chi connectivity index (χ3n) is 2.46. The zero-order valence-corrected chi connectivity index (χ0v) is 9.15. The molecule has 0 bridgehead atoms. The summed E-state index contributed by atoms with van der Waals surface area (Å²) in [5.74, 6) is 0. The minimum Gasteiger partial charge on any atom is -0.312 e. The van der Waals surface area contributed by atoms with Crippen LogP contribution in [0.25, 0.3) is 20.3 Å². The predicted octanol–water partition coefficient (Wildman–Crippen LogP) is 2.05. The van der Waals surface area contributed by atoms with Gasteiger partial charge in [-0.25, -0.2) is 4.98 Å². The summed E-state index contributed by atoms with van der Waals surface area (Å²) in [4.78, 5) is 28.5. The molecule has 0 saturated heterocycles. The van der Waals surface area contributed by atoms with Crippen molar-refractivity contribution in [3.05, 3.63) is 45.0 Å². The Morgan fingerprint density at radius 1 is 1.35 bits per heavy atom. The second-order valence-electron chi connectivity index (χ2n) is 3.42. The molecular formula is C10H5N3O3S. The highest BCUT2D eigenvalue weighted by molar-refractivity contribution is 7.26. The van der Waals surface area contributed by atoms with E-state index in [1.807, 2.05) is 0 Å². The van der Waals surface area contributed by atoms with Crippen LogP contribution in [0.3, 0.4) is 0 Å². The van der Waals surface area contributed by atoms with Gasteiger partial charge in [0.2, 0.25) is 0 Å². The normalized spacial score (nSPS) is 11.1. The lowest BCUT2D eigenvalue weighted by Gasteiger charge is -1.92. The van der Waals surface area contributed by atoms with Gasteiger partial charge in [-0.05, 0) is 0 Å². The fraction of sp³-hybridized carbons (Fsp3) is 0. The Morgan fingerprint density at radius 2 is 2.18 bits per heavy atom. The summed E-state index contributed by atoms with van der Waals surface area (Å²) in [5.41, 5.74) is 0.243. The van der Waals surface area contributed by atoms with Crippen LogP contribution in [-0.2, 0) is 0 Å². The number of nitrogens with one attached hydrogen (secondary N) is 1. The number of non-ortho nitro benzene ring substituents is 1. The Bertz CT molecular complexity index is 805. The third-order valence-corrected chi connectivity index (χ3v) is 3.68.